The fourth-order valence-electron chi connectivity index (χ4n) is 2.83. The first-order chi connectivity index (χ1) is 11.2. The van der Waals surface area contributed by atoms with E-state index >= 15 is 0 Å². The van der Waals surface area contributed by atoms with Crippen LogP contribution in [0.25, 0.3) is 0 Å². The number of aryl methyl sites for hydroxylation is 1. The van der Waals surface area contributed by atoms with Crippen molar-refractivity contribution >= 4 is 29.3 Å². The van der Waals surface area contributed by atoms with Crippen LogP contribution < -0.4 is 0 Å². The highest BCUT2D eigenvalue weighted by molar-refractivity contribution is 7.97. The molecule has 0 radical (unpaired) electrons. The van der Waals surface area contributed by atoms with E-state index in [1.807, 2.05) is 28.9 Å². The van der Waals surface area contributed by atoms with Crippen molar-refractivity contribution < 1.29 is 9.53 Å². The first-order valence-electron chi connectivity index (χ1n) is 7.68. The topological polar surface area (TPSA) is 44.1 Å². The van der Waals surface area contributed by atoms with Crippen LogP contribution in [0.3, 0.4) is 0 Å². The van der Waals surface area contributed by atoms with E-state index in [1.54, 1.807) is 11.8 Å². The quantitative estimate of drug-likeness (QED) is 0.762. The van der Waals surface area contributed by atoms with Crippen molar-refractivity contribution in [3.05, 3.63) is 51.8 Å². The average molecular weight is 351 g/mol. The molecule has 0 unspecified atom stereocenters. The van der Waals surface area contributed by atoms with Crippen molar-refractivity contribution in [2.75, 3.05) is 7.11 Å². The molecule has 1 aromatic heterocycles. The van der Waals surface area contributed by atoms with E-state index in [9.17, 15) is 4.79 Å². The lowest BCUT2D eigenvalue weighted by Crippen LogP contribution is -2.14. The molecule has 1 aliphatic rings. The van der Waals surface area contributed by atoms with Crippen LogP contribution in [0.4, 0.5) is 0 Å². The Morgan fingerprint density at radius 3 is 2.83 bits per heavy atom. The Labute approximate surface area is 145 Å². The molecule has 4 nitrogen and oxygen atoms in total. The maximum atomic E-state index is 12.1. The normalized spacial score (nSPS) is 13.7. The third-order valence-corrected chi connectivity index (χ3v) is 5.24. The van der Waals surface area contributed by atoms with Crippen LogP contribution >= 0.6 is 23.4 Å². The SMILES string of the molecule is COC(=O)c1c(CSCc2ccc(Cl)cc2)nn2c1CCCC2. The lowest BCUT2D eigenvalue weighted by Gasteiger charge is -2.13. The Morgan fingerprint density at radius 2 is 2.09 bits per heavy atom. The lowest BCUT2D eigenvalue weighted by atomic mass is 10.1. The highest BCUT2D eigenvalue weighted by Crippen LogP contribution is 2.26. The van der Waals surface area contributed by atoms with Gasteiger partial charge in [0.05, 0.1) is 18.5 Å². The number of methoxy groups -OCH3 is 1. The Kier molecular flexibility index (Phi) is 5.28. The third-order valence-electron chi connectivity index (χ3n) is 3.97. The molecule has 122 valence electrons. The summed E-state index contributed by atoms with van der Waals surface area (Å²) < 4.78 is 6.94. The molecule has 6 heteroatoms. The number of benzene rings is 1. The second-order valence-electron chi connectivity index (χ2n) is 5.56. The number of rotatable bonds is 5. The number of aromatic nitrogens is 2. The van der Waals surface area contributed by atoms with Gasteiger partial charge in [-0.25, -0.2) is 4.79 Å². The molecule has 0 bridgehead atoms. The number of carbonyl (C=O) groups is 1. The van der Waals surface area contributed by atoms with Crippen molar-refractivity contribution in [1.29, 1.82) is 0 Å². The number of thioether (sulfide) groups is 1. The largest absolute Gasteiger partial charge is 0.465 e. The van der Waals surface area contributed by atoms with Gasteiger partial charge in [0.2, 0.25) is 0 Å². The van der Waals surface area contributed by atoms with Crippen LogP contribution in [0.1, 0.15) is 40.2 Å². The van der Waals surface area contributed by atoms with Gasteiger partial charge < -0.3 is 4.74 Å². The molecule has 2 heterocycles. The Hall–Kier alpha value is -1.46. The summed E-state index contributed by atoms with van der Waals surface area (Å²) in [6.07, 6.45) is 3.12. The van der Waals surface area contributed by atoms with E-state index in [1.165, 1.54) is 12.7 Å². The maximum absolute atomic E-state index is 12.1. The maximum Gasteiger partial charge on any atom is 0.341 e. The van der Waals surface area contributed by atoms with E-state index in [0.29, 0.717) is 11.3 Å². The monoisotopic (exact) mass is 350 g/mol. The predicted molar refractivity (Wildman–Crippen MR) is 93.0 cm³/mol. The highest BCUT2D eigenvalue weighted by Gasteiger charge is 2.25. The summed E-state index contributed by atoms with van der Waals surface area (Å²) in [5.74, 6) is 1.29. The molecule has 0 saturated heterocycles. The summed E-state index contributed by atoms with van der Waals surface area (Å²) >= 11 is 7.64. The van der Waals surface area contributed by atoms with Gasteiger partial charge in [0, 0.05) is 23.1 Å². The minimum atomic E-state index is -0.268. The summed E-state index contributed by atoms with van der Waals surface area (Å²) in [5.41, 5.74) is 3.76. The smallest absolute Gasteiger partial charge is 0.341 e. The number of ether oxygens (including phenoxy) is 1. The molecule has 1 aliphatic heterocycles. The van der Waals surface area contributed by atoms with Crippen molar-refractivity contribution in [1.82, 2.24) is 9.78 Å². The van der Waals surface area contributed by atoms with Gasteiger partial charge in [-0.2, -0.15) is 16.9 Å². The second-order valence-corrected chi connectivity index (χ2v) is 6.98. The molecule has 0 fully saturated rings. The van der Waals surface area contributed by atoms with Gasteiger partial charge in [0.15, 0.2) is 0 Å². The van der Waals surface area contributed by atoms with E-state index < -0.39 is 0 Å². The van der Waals surface area contributed by atoms with Gasteiger partial charge in [-0.15, -0.1) is 0 Å². The molecule has 0 amide bonds. The summed E-state index contributed by atoms with van der Waals surface area (Å²) in [4.78, 5) is 12.1. The molecular formula is C17H19ClN2O2S. The van der Waals surface area contributed by atoms with Gasteiger partial charge in [0.25, 0.3) is 0 Å². The van der Waals surface area contributed by atoms with E-state index in [0.717, 1.165) is 48.0 Å². The second kappa shape index (κ2) is 7.41. The molecule has 0 aliphatic carbocycles. The van der Waals surface area contributed by atoms with Crippen molar-refractivity contribution in [3.63, 3.8) is 0 Å². The zero-order valence-electron chi connectivity index (χ0n) is 13.0. The van der Waals surface area contributed by atoms with Crippen LogP contribution in [-0.4, -0.2) is 22.9 Å². The number of hydrogen-bond acceptors (Lipinski definition) is 4. The molecule has 0 atom stereocenters. The highest BCUT2D eigenvalue weighted by atomic mass is 35.5. The average Bonchev–Trinajstić information content (AvgIpc) is 2.94. The summed E-state index contributed by atoms with van der Waals surface area (Å²) in [6.45, 7) is 0.890. The van der Waals surface area contributed by atoms with Crippen molar-refractivity contribution in [2.24, 2.45) is 0 Å². The van der Waals surface area contributed by atoms with Gasteiger partial charge >= 0.3 is 5.97 Å². The standard InChI is InChI=1S/C17H19ClN2O2S/c1-22-17(21)16-14(19-20-9-3-2-4-15(16)20)11-23-10-12-5-7-13(18)8-6-12/h5-8H,2-4,9-11H2,1H3. The minimum Gasteiger partial charge on any atom is -0.465 e. The zero-order chi connectivity index (χ0) is 16.2. The van der Waals surface area contributed by atoms with Crippen LogP contribution in [0.15, 0.2) is 24.3 Å². The molecule has 23 heavy (non-hydrogen) atoms. The van der Waals surface area contributed by atoms with Crippen molar-refractivity contribution in [3.8, 4) is 0 Å². The van der Waals surface area contributed by atoms with Crippen LogP contribution in [0.2, 0.25) is 5.02 Å². The van der Waals surface area contributed by atoms with Gasteiger partial charge in [-0.1, -0.05) is 23.7 Å². The molecule has 2 aromatic rings. The number of esters is 1. The number of hydrogen-bond donors (Lipinski definition) is 0. The first kappa shape index (κ1) is 16.4. The molecular weight excluding hydrogens is 332 g/mol. The number of nitrogens with zero attached hydrogens (tertiary/aromatic N) is 2. The van der Waals surface area contributed by atoms with Gasteiger partial charge in [-0.3, -0.25) is 4.68 Å². The summed E-state index contributed by atoms with van der Waals surface area (Å²) in [6, 6.07) is 7.84. The van der Waals surface area contributed by atoms with Crippen LogP contribution in [0.5, 0.6) is 0 Å². The van der Waals surface area contributed by atoms with Crippen LogP contribution in [-0.2, 0) is 29.2 Å². The number of halogens is 1. The minimum absolute atomic E-state index is 0.268. The molecule has 0 spiro atoms. The Bertz CT molecular complexity index is 697. The fourth-order valence-corrected chi connectivity index (χ4v) is 3.88. The van der Waals surface area contributed by atoms with Crippen molar-refractivity contribution in [2.45, 2.75) is 37.3 Å². The number of fused-ring (bicyclic) bond motifs is 1. The molecule has 0 N–H and O–H groups in total. The molecule has 1 aromatic carbocycles. The number of carbonyl (C=O) groups excluding carboxylic acids is 1. The Balaban J connectivity index is 1.73. The summed E-state index contributed by atoms with van der Waals surface area (Å²) in [7, 11) is 1.43. The fraction of sp³-hybridized carbons (Fsp3) is 0.412. The first-order valence-corrected chi connectivity index (χ1v) is 9.21. The van der Waals surface area contributed by atoms with Gasteiger partial charge in [-0.05, 0) is 37.0 Å². The van der Waals surface area contributed by atoms with E-state index in [4.69, 9.17) is 16.3 Å². The van der Waals surface area contributed by atoms with Gasteiger partial charge in [0.1, 0.15) is 5.56 Å². The Morgan fingerprint density at radius 1 is 1.30 bits per heavy atom. The predicted octanol–water partition coefficient (Wildman–Crippen LogP) is 4.09. The zero-order valence-corrected chi connectivity index (χ0v) is 14.6. The lowest BCUT2D eigenvalue weighted by molar-refractivity contribution is 0.0598. The van der Waals surface area contributed by atoms with E-state index in [-0.39, 0.29) is 5.97 Å². The van der Waals surface area contributed by atoms with Crippen LogP contribution in [0, 0.1) is 0 Å². The summed E-state index contributed by atoms with van der Waals surface area (Å²) in [5, 5.41) is 5.38. The molecule has 3 rings (SSSR count). The molecule has 0 saturated carbocycles. The third kappa shape index (κ3) is 3.72. The van der Waals surface area contributed by atoms with E-state index in [2.05, 4.69) is 5.10 Å².